The number of nitrogens with two attached hydrogens (primary N) is 1. The molecule has 22 heavy (non-hydrogen) atoms. The van der Waals surface area contributed by atoms with Gasteiger partial charge in [0.2, 0.25) is 5.95 Å². The molecule has 1 aromatic heterocycles. The van der Waals surface area contributed by atoms with Gasteiger partial charge in [-0.25, -0.2) is 9.97 Å². The van der Waals surface area contributed by atoms with Crippen LogP contribution >= 0.6 is 11.6 Å². The Labute approximate surface area is 131 Å². The zero-order chi connectivity index (χ0) is 15.9. The van der Waals surface area contributed by atoms with Crippen LogP contribution in [0.2, 0.25) is 5.02 Å². The Morgan fingerprint density at radius 2 is 2.09 bits per heavy atom. The Morgan fingerprint density at radius 1 is 1.36 bits per heavy atom. The zero-order valence-corrected chi connectivity index (χ0v) is 12.0. The average molecular weight is 315 g/mol. The third kappa shape index (κ3) is 3.94. The monoisotopic (exact) mass is 314 g/mol. The summed E-state index contributed by atoms with van der Waals surface area (Å²) in [5.41, 5.74) is 6.25. The molecule has 4 N–H and O–H groups in total. The van der Waals surface area contributed by atoms with Crippen molar-refractivity contribution in [1.82, 2.24) is 9.97 Å². The molecule has 0 unspecified atom stereocenters. The Hall–Kier alpha value is -3.11. The van der Waals surface area contributed by atoms with Crippen molar-refractivity contribution < 1.29 is 4.79 Å². The molecule has 0 atom stereocenters. The highest BCUT2D eigenvalue weighted by Gasteiger charge is 2.11. The van der Waals surface area contributed by atoms with Gasteiger partial charge in [0.25, 0.3) is 5.91 Å². The van der Waals surface area contributed by atoms with E-state index in [-0.39, 0.29) is 16.5 Å². The average Bonchev–Trinajstić information content (AvgIpc) is 2.52. The summed E-state index contributed by atoms with van der Waals surface area (Å²) in [6.45, 7) is 0. The first kappa shape index (κ1) is 15.3. The molecule has 0 radical (unpaired) electrons. The van der Waals surface area contributed by atoms with Crippen LogP contribution in [0.5, 0.6) is 0 Å². The van der Waals surface area contributed by atoms with Crippen molar-refractivity contribution in [2.45, 2.75) is 0 Å². The Balaban J connectivity index is 2.10. The number of hydrogen-bond acceptors (Lipinski definition) is 6. The third-order valence-electron chi connectivity index (χ3n) is 2.52. The standard InChI is InChI=1S/C14H11ClN6O/c15-11-6-10(17)2-3-12(11)21-13(22)9(7-16)8-20-14-18-4-1-5-19-14/h1-6,8H,17H2,(H,21,22)(H,18,19,20)/b9-8-. The molecular formula is C14H11ClN6O. The molecule has 0 saturated heterocycles. The topological polar surface area (TPSA) is 117 Å². The number of benzene rings is 1. The van der Waals surface area contributed by atoms with Crippen molar-refractivity contribution in [2.24, 2.45) is 0 Å². The maximum Gasteiger partial charge on any atom is 0.267 e. The smallest absolute Gasteiger partial charge is 0.267 e. The van der Waals surface area contributed by atoms with Crippen LogP contribution in [0, 0.1) is 11.3 Å². The number of anilines is 3. The van der Waals surface area contributed by atoms with Gasteiger partial charge in [-0.2, -0.15) is 5.26 Å². The first-order chi connectivity index (χ1) is 10.6. The molecule has 0 aliphatic rings. The third-order valence-corrected chi connectivity index (χ3v) is 2.83. The molecule has 0 fully saturated rings. The van der Waals surface area contributed by atoms with Crippen LogP contribution < -0.4 is 16.4 Å². The number of amides is 1. The number of nitrogen functional groups attached to an aromatic ring is 1. The van der Waals surface area contributed by atoms with E-state index in [1.807, 2.05) is 0 Å². The van der Waals surface area contributed by atoms with Crippen molar-refractivity contribution in [2.75, 3.05) is 16.4 Å². The van der Waals surface area contributed by atoms with Gasteiger partial charge in [-0.15, -0.1) is 0 Å². The van der Waals surface area contributed by atoms with E-state index in [9.17, 15) is 4.79 Å². The lowest BCUT2D eigenvalue weighted by atomic mass is 10.2. The molecule has 2 rings (SSSR count). The van der Waals surface area contributed by atoms with Gasteiger partial charge in [0.1, 0.15) is 11.6 Å². The van der Waals surface area contributed by atoms with Gasteiger partial charge in [0, 0.05) is 24.3 Å². The van der Waals surface area contributed by atoms with Crippen LogP contribution in [0.15, 0.2) is 48.4 Å². The van der Waals surface area contributed by atoms with Gasteiger partial charge in [-0.05, 0) is 24.3 Å². The van der Waals surface area contributed by atoms with Gasteiger partial charge in [0.15, 0.2) is 0 Å². The normalized spacial score (nSPS) is 10.6. The molecule has 2 aromatic rings. The summed E-state index contributed by atoms with van der Waals surface area (Å²) in [4.78, 5) is 19.8. The molecular weight excluding hydrogens is 304 g/mol. The largest absolute Gasteiger partial charge is 0.399 e. The molecule has 1 amide bonds. The minimum Gasteiger partial charge on any atom is -0.399 e. The molecule has 0 bridgehead atoms. The van der Waals surface area contributed by atoms with Crippen LogP contribution in [0.25, 0.3) is 0 Å². The first-order valence-electron chi connectivity index (χ1n) is 6.10. The number of hydrogen-bond donors (Lipinski definition) is 3. The van der Waals surface area contributed by atoms with Crippen LogP contribution in [0.4, 0.5) is 17.3 Å². The molecule has 8 heteroatoms. The second kappa shape index (κ2) is 7.06. The van der Waals surface area contributed by atoms with Gasteiger partial charge in [-0.1, -0.05) is 11.6 Å². The summed E-state index contributed by atoms with van der Waals surface area (Å²) >= 11 is 5.96. The Bertz CT molecular complexity index is 754. The quantitative estimate of drug-likeness (QED) is 0.452. The number of nitrogens with one attached hydrogen (secondary N) is 2. The predicted molar refractivity (Wildman–Crippen MR) is 83.8 cm³/mol. The number of nitriles is 1. The van der Waals surface area contributed by atoms with Gasteiger partial charge in [0.05, 0.1) is 10.7 Å². The van der Waals surface area contributed by atoms with Crippen LogP contribution in [-0.2, 0) is 4.79 Å². The van der Waals surface area contributed by atoms with E-state index in [0.29, 0.717) is 11.4 Å². The summed E-state index contributed by atoms with van der Waals surface area (Å²) < 4.78 is 0. The van der Waals surface area contributed by atoms with Crippen molar-refractivity contribution >= 4 is 34.8 Å². The SMILES string of the molecule is N#C/C(=C/Nc1ncccn1)C(=O)Nc1ccc(N)cc1Cl. The molecule has 110 valence electrons. The number of carbonyl (C=O) groups is 1. The molecule has 1 aromatic carbocycles. The Kier molecular flexibility index (Phi) is 4.90. The first-order valence-corrected chi connectivity index (χ1v) is 6.48. The lowest BCUT2D eigenvalue weighted by molar-refractivity contribution is -0.112. The number of carbonyl (C=O) groups excluding carboxylic acids is 1. The van der Waals surface area contributed by atoms with Crippen molar-refractivity contribution in [3.05, 3.63) is 53.5 Å². The second-order valence-electron chi connectivity index (χ2n) is 4.08. The fourth-order valence-electron chi connectivity index (χ4n) is 1.48. The second-order valence-corrected chi connectivity index (χ2v) is 4.49. The highest BCUT2D eigenvalue weighted by Crippen LogP contribution is 2.24. The van der Waals surface area contributed by atoms with Crippen molar-refractivity contribution in [1.29, 1.82) is 5.26 Å². The zero-order valence-electron chi connectivity index (χ0n) is 11.2. The summed E-state index contributed by atoms with van der Waals surface area (Å²) in [6.07, 6.45) is 4.28. The van der Waals surface area contributed by atoms with E-state index in [2.05, 4.69) is 20.6 Å². The summed E-state index contributed by atoms with van der Waals surface area (Å²) in [5, 5.41) is 14.5. The molecule has 0 aliphatic carbocycles. The van der Waals surface area contributed by atoms with Crippen molar-refractivity contribution in [3.63, 3.8) is 0 Å². The highest BCUT2D eigenvalue weighted by molar-refractivity contribution is 6.34. The fraction of sp³-hybridized carbons (Fsp3) is 0. The minimum absolute atomic E-state index is 0.152. The maximum atomic E-state index is 12.0. The number of nitrogens with zero attached hydrogens (tertiary/aromatic N) is 3. The minimum atomic E-state index is -0.613. The van der Waals surface area contributed by atoms with Gasteiger partial charge in [-0.3, -0.25) is 4.79 Å². The lowest BCUT2D eigenvalue weighted by Crippen LogP contribution is -2.15. The number of rotatable bonds is 4. The van der Waals surface area contributed by atoms with Crippen molar-refractivity contribution in [3.8, 4) is 6.07 Å². The summed E-state index contributed by atoms with van der Waals surface area (Å²) in [7, 11) is 0. The highest BCUT2D eigenvalue weighted by atomic mass is 35.5. The molecule has 0 spiro atoms. The molecule has 0 saturated carbocycles. The maximum absolute atomic E-state index is 12.0. The Morgan fingerprint density at radius 3 is 2.73 bits per heavy atom. The molecule has 7 nitrogen and oxygen atoms in total. The molecule has 0 aliphatic heterocycles. The van der Waals surface area contributed by atoms with Crippen LogP contribution in [0.1, 0.15) is 0 Å². The van der Waals surface area contributed by atoms with Crippen LogP contribution in [0.3, 0.4) is 0 Å². The van der Waals surface area contributed by atoms with E-state index >= 15 is 0 Å². The van der Waals surface area contributed by atoms with E-state index < -0.39 is 5.91 Å². The number of halogens is 1. The predicted octanol–water partition coefficient (Wildman–Crippen LogP) is 2.17. The summed E-state index contributed by atoms with van der Waals surface area (Å²) in [5.74, 6) is -0.342. The number of aromatic nitrogens is 2. The lowest BCUT2D eigenvalue weighted by Gasteiger charge is -2.07. The van der Waals surface area contributed by atoms with E-state index in [4.69, 9.17) is 22.6 Å². The fourth-order valence-corrected chi connectivity index (χ4v) is 1.72. The van der Waals surface area contributed by atoms with E-state index in [0.717, 1.165) is 0 Å². The van der Waals surface area contributed by atoms with Gasteiger partial charge >= 0.3 is 0 Å². The van der Waals surface area contributed by atoms with E-state index in [1.165, 1.54) is 24.7 Å². The van der Waals surface area contributed by atoms with Crippen LogP contribution in [-0.4, -0.2) is 15.9 Å². The van der Waals surface area contributed by atoms with E-state index in [1.54, 1.807) is 24.3 Å². The summed E-state index contributed by atoms with van der Waals surface area (Å²) in [6, 6.07) is 8.08. The van der Waals surface area contributed by atoms with Gasteiger partial charge < -0.3 is 16.4 Å². The molecule has 1 heterocycles.